The number of benzene rings is 2. The van der Waals surface area contributed by atoms with Gasteiger partial charge in [0.25, 0.3) is 5.91 Å². The Morgan fingerprint density at radius 1 is 1.05 bits per heavy atom. The standard InChI is InChI=1S/C18H20N2O/c19-12-14-6-8-15(9-7-14)17(21)20-13-18(10-11-18)16-4-2-1-3-5-16/h1-9H,10-13,19H2,(H,20,21). The van der Waals surface area contributed by atoms with Gasteiger partial charge in [0.2, 0.25) is 0 Å². The maximum Gasteiger partial charge on any atom is 0.251 e. The molecule has 0 saturated heterocycles. The van der Waals surface area contributed by atoms with Gasteiger partial charge in [-0.1, -0.05) is 42.5 Å². The maximum absolute atomic E-state index is 12.2. The number of amides is 1. The maximum atomic E-state index is 12.2. The van der Waals surface area contributed by atoms with Crippen LogP contribution in [0.3, 0.4) is 0 Å². The lowest BCUT2D eigenvalue weighted by Gasteiger charge is -2.16. The van der Waals surface area contributed by atoms with Crippen LogP contribution in [0.1, 0.15) is 34.3 Å². The van der Waals surface area contributed by atoms with E-state index in [9.17, 15) is 4.79 Å². The molecule has 0 radical (unpaired) electrons. The Hall–Kier alpha value is -2.13. The second-order valence-corrected chi connectivity index (χ2v) is 5.73. The molecule has 3 heteroatoms. The molecule has 3 rings (SSSR count). The van der Waals surface area contributed by atoms with Crippen molar-refractivity contribution in [1.29, 1.82) is 0 Å². The lowest BCUT2D eigenvalue weighted by molar-refractivity contribution is 0.0949. The van der Waals surface area contributed by atoms with Gasteiger partial charge in [-0.2, -0.15) is 0 Å². The molecule has 3 nitrogen and oxygen atoms in total. The van der Waals surface area contributed by atoms with Crippen LogP contribution in [0.2, 0.25) is 0 Å². The molecule has 1 aliphatic rings. The zero-order valence-corrected chi connectivity index (χ0v) is 12.0. The van der Waals surface area contributed by atoms with Crippen LogP contribution >= 0.6 is 0 Å². The van der Waals surface area contributed by atoms with Gasteiger partial charge in [-0.25, -0.2) is 0 Å². The third kappa shape index (κ3) is 2.98. The van der Waals surface area contributed by atoms with Crippen molar-refractivity contribution >= 4 is 5.91 Å². The summed E-state index contributed by atoms with van der Waals surface area (Å²) in [6.07, 6.45) is 2.28. The quantitative estimate of drug-likeness (QED) is 0.884. The minimum Gasteiger partial charge on any atom is -0.351 e. The van der Waals surface area contributed by atoms with Gasteiger partial charge in [-0.3, -0.25) is 4.79 Å². The molecule has 1 amide bonds. The van der Waals surface area contributed by atoms with E-state index in [0.29, 0.717) is 18.7 Å². The normalized spacial score (nSPS) is 15.5. The lowest BCUT2D eigenvalue weighted by atomic mass is 9.96. The average Bonchev–Trinajstić information content (AvgIpc) is 3.35. The van der Waals surface area contributed by atoms with E-state index in [-0.39, 0.29) is 11.3 Å². The van der Waals surface area contributed by atoms with Crippen LogP contribution in [-0.2, 0) is 12.0 Å². The van der Waals surface area contributed by atoms with Gasteiger partial charge in [-0.05, 0) is 36.1 Å². The fourth-order valence-electron chi connectivity index (χ4n) is 2.65. The summed E-state index contributed by atoms with van der Waals surface area (Å²) in [5.41, 5.74) is 8.76. The molecule has 3 N–H and O–H groups in total. The minimum atomic E-state index is -0.0132. The summed E-state index contributed by atoms with van der Waals surface area (Å²) in [6.45, 7) is 1.20. The number of carbonyl (C=O) groups excluding carboxylic acids is 1. The molecule has 0 spiro atoms. The van der Waals surface area contributed by atoms with E-state index in [1.165, 1.54) is 5.56 Å². The van der Waals surface area contributed by atoms with Crippen LogP contribution in [-0.4, -0.2) is 12.5 Å². The average molecular weight is 280 g/mol. The highest BCUT2D eigenvalue weighted by Crippen LogP contribution is 2.47. The van der Waals surface area contributed by atoms with Crippen molar-refractivity contribution in [3.05, 3.63) is 71.3 Å². The van der Waals surface area contributed by atoms with Gasteiger partial charge in [0.1, 0.15) is 0 Å². The lowest BCUT2D eigenvalue weighted by Crippen LogP contribution is -2.32. The van der Waals surface area contributed by atoms with Crippen molar-refractivity contribution in [3.8, 4) is 0 Å². The Morgan fingerprint density at radius 3 is 2.29 bits per heavy atom. The van der Waals surface area contributed by atoms with Crippen molar-refractivity contribution in [2.75, 3.05) is 6.54 Å². The summed E-state index contributed by atoms with van der Waals surface area (Å²) < 4.78 is 0. The van der Waals surface area contributed by atoms with Crippen molar-refractivity contribution in [3.63, 3.8) is 0 Å². The SMILES string of the molecule is NCc1ccc(C(=O)NCC2(c3ccccc3)CC2)cc1. The summed E-state index contributed by atoms with van der Waals surface area (Å²) in [6, 6.07) is 17.9. The van der Waals surface area contributed by atoms with Crippen LogP contribution in [0.5, 0.6) is 0 Å². The van der Waals surface area contributed by atoms with Crippen molar-refractivity contribution in [2.45, 2.75) is 24.8 Å². The largest absolute Gasteiger partial charge is 0.351 e. The first-order valence-corrected chi connectivity index (χ1v) is 7.36. The Labute approximate surface area is 125 Å². The number of hydrogen-bond donors (Lipinski definition) is 2. The highest BCUT2D eigenvalue weighted by atomic mass is 16.1. The zero-order chi connectivity index (χ0) is 14.7. The fourth-order valence-corrected chi connectivity index (χ4v) is 2.65. The van der Waals surface area contributed by atoms with Crippen molar-refractivity contribution in [2.24, 2.45) is 5.73 Å². The van der Waals surface area contributed by atoms with Gasteiger partial charge in [0.05, 0.1) is 0 Å². The Morgan fingerprint density at radius 2 is 1.71 bits per heavy atom. The molecule has 2 aromatic rings. The number of carbonyl (C=O) groups is 1. The molecule has 1 saturated carbocycles. The van der Waals surface area contributed by atoms with Crippen molar-refractivity contribution < 1.29 is 4.79 Å². The molecule has 108 valence electrons. The third-order valence-corrected chi connectivity index (χ3v) is 4.28. The minimum absolute atomic E-state index is 0.0132. The Balaban J connectivity index is 1.63. The number of nitrogens with two attached hydrogens (primary N) is 1. The van der Waals surface area contributed by atoms with E-state index in [4.69, 9.17) is 5.73 Å². The third-order valence-electron chi connectivity index (χ3n) is 4.28. The molecule has 0 heterocycles. The summed E-state index contributed by atoms with van der Waals surface area (Å²) in [7, 11) is 0. The zero-order valence-electron chi connectivity index (χ0n) is 12.0. The van der Waals surface area contributed by atoms with Crippen molar-refractivity contribution in [1.82, 2.24) is 5.32 Å². The first-order valence-electron chi connectivity index (χ1n) is 7.36. The molecule has 0 bridgehead atoms. The molecule has 1 fully saturated rings. The van der Waals surface area contributed by atoms with E-state index < -0.39 is 0 Å². The van der Waals surface area contributed by atoms with E-state index in [1.807, 2.05) is 30.3 Å². The van der Waals surface area contributed by atoms with Crippen LogP contribution in [0.25, 0.3) is 0 Å². The molecule has 0 atom stereocenters. The van der Waals surface area contributed by atoms with Gasteiger partial charge >= 0.3 is 0 Å². The second-order valence-electron chi connectivity index (χ2n) is 5.73. The monoisotopic (exact) mass is 280 g/mol. The molecular formula is C18H20N2O. The molecule has 21 heavy (non-hydrogen) atoms. The smallest absolute Gasteiger partial charge is 0.251 e. The molecule has 2 aromatic carbocycles. The van der Waals surface area contributed by atoms with Gasteiger partial charge in [-0.15, -0.1) is 0 Å². The topological polar surface area (TPSA) is 55.1 Å². The van der Waals surface area contributed by atoms with E-state index >= 15 is 0 Å². The van der Waals surface area contributed by atoms with Crippen LogP contribution in [0.4, 0.5) is 0 Å². The van der Waals surface area contributed by atoms with E-state index in [2.05, 4.69) is 29.6 Å². The van der Waals surface area contributed by atoms with Crippen LogP contribution < -0.4 is 11.1 Å². The molecule has 1 aliphatic carbocycles. The first-order chi connectivity index (χ1) is 10.2. The van der Waals surface area contributed by atoms with Gasteiger partial charge < -0.3 is 11.1 Å². The Kier molecular flexibility index (Phi) is 3.76. The molecule has 0 aliphatic heterocycles. The fraction of sp³-hybridized carbons (Fsp3) is 0.278. The number of nitrogens with one attached hydrogen (secondary N) is 1. The predicted molar refractivity (Wildman–Crippen MR) is 84.0 cm³/mol. The highest BCUT2D eigenvalue weighted by molar-refractivity contribution is 5.94. The summed E-state index contributed by atoms with van der Waals surface area (Å²) in [5, 5.41) is 3.07. The summed E-state index contributed by atoms with van der Waals surface area (Å²) in [4.78, 5) is 12.2. The predicted octanol–water partition coefficient (Wildman–Crippen LogP) is 2.61. The van der Waals surface area contributed by atoms with Crippen LogP contribution in [0.15, 0.2) is 54.6 Å². The first kappa shape index (κ1) is 13.8. The second kappa shape index (κ2) is 5.70. The van der Waals surface area contributed by atoms with E-state index in [0.717, 1.165) is 18.4 Å². The van der Waals surface area contributed by atoms with Crippen LogP contribution in [0, 0.1) is 0 Å². The van der Waals surface area contributed by atoms with E-state index in [1.54, 1.807) is 0 Å². The molecule has 0 aromatic heterocycles. The molecular weight excluding hydrogens is 260 g/mol. The number of hydrogen-bond acceptors (Lipinski definition) is 2. The molecule has 0 unspecified atom stereocenters. The summed E-state index contributed by atoms with van der Waals surface area (Å²) >= 11 is 0. The number of rotatable bonds is 5. The van der Waals surface area contributed by atoms with Gasteiger partial charge in [0.15, 0.2) is 0 Å². The van der Waals surface area contributed by atoms with Gasteiger partial charge in [0, 0.05) is 24.1 Å². The summed E-state index contributed by atoms with van der Waals surface area (Å²) in [5.74, 6) is -0.0132. The Bertz CT molecular complexity index is 615. The highest BCUT2D eigenvalue weighted by Gasteiger charge is 2.44.